The molecule has 0 spiro atoms. The van der Waals surface area contributed by atoms with E-state index in [0.29, 0.717) is 12.5 Å². The van der Waals surface area contributed by atoms with E-state index in [-0.39, 0.29) is 5.78 Å². The van der Waals surface area contributed by atoms with Gasteiger partial charge in [-0.2, -0.15) is 0 Å². The molecular formula is C10H13NOS. The first-order chi connectivity index (χ1) is 6.36. The van der Waals surface area contributed by atoms with Crippen LogP contribution < -0.4 is 5.32 Å². The van der Waals surface area contributed by atoms with Crippen molar-refractivity contribution in [1.29, 1.82) is 0 Å². The lowest BCUT2D eigenvalue weighted by Crippen LogP contribution is -2.24. The van der Waals surface area contributed by atoms with Crippen LogP contribution in [0.5, 0.6) is 0 Å². The van der Waals surface area contributed by atoms with E-state index in [9.17, 15) is 4.79 Å². The van der Waals surface area contributed by atoms with Crippen LogP contribution in [0, 0.1) is 0 Å². The first-order valence-electron chi connectivity index (χ1n) is 4.66. The van der Waals surface area contributed by atoms with Crippen molar-refractivity contribution in [3.05, 3.63) is 22.4 Å². The minimum atomic E-state index is 0.286. The van der Waals surface area contributed by atoms with E-state index in [1.165, 1.54) is 17.8 Å². The van der Waals surface area contributed by atoms with Crippen molar-refractivity contribution >= 4 is 17.1 Å². The summed E-state index contributed by atoms with van der Waals surface area (Å²) in [4.78, 5) is 12.5. The predicted molar refractivity (Wildman–Crippen MR) is 54.3 cm³/mol. The zero-order valence-corrected chi connectivity index (χ0v) is 8.27. The van der Waals surface area contributed by atoms with E-state index in [4.69, 9.17) is 0 Å². The first kappa shape index (κ1) is 8.91. The lowest BCUT2D eigenvalue weighted by atomic mass is 10.1. The average Bonchev–Trinajstić information content (AvgIpc) is 2.74. The standard InChI is InChI=1S/C10H13NOS/c12-9(10-4-2-6-13-10)7-8-3-1-5-11-8/h2,4,6,8,11H,1,3,5,7H2/t8-/m1/s1. The number of ketones is 1. The van der Waals surface area contributed by atoms with Crippen molar-refractivity contribution in [3.63, 3.8) is 0 Å². The van der Waals surface area contributed by atoms with Crippen LogP contribution in [0.15, 0.2) is 17.5 Å². The number of carbonyl (C=O) groups is 1. The summed E-state index contributed by atoms with van der Waals surface area (Å²) in [5, 5.41) is 5.29. The molecule has 1 atom stereocenters. The van der Waals surface area contributed by atoms with Crippen molar-refractivity contribution in [2.45, 2.75) is 25.3 Å². The lowest BCUT2D eigenvalue weighted by Gasteiger charge is -2.06. The smallest absolute Gasteiger partial charge is 0.174 e. The molecule has 0 bridgehead atoms. The fourth-order valence-corrected chi connectivity index (χ4v) is 2.37. The highest BCUT2D eigenvalue weighted by molar-refractivity contribution is 7.12. The Morgan fingerprint density at radius 3 is 3.23 bits per heavy atom. The van der Waals surface area contributed by atoms with Crippen LogP contribution >= 0.6 is 11.3 Å². The number of hydrogen-bond acceptors (Lipinski definition) is 3. The van der Waals surface area contributed by atoms with Gasteiger partial charge < -0.3 is 5.32 Å². The van der Waals surface area contributed by atoms with Crippen molar-refractivity contribution in [3.8, 4) is 0 Å². The van der Waals surface area contributed by atoms with E-state index in [1.54, 1.807) is 0 Å². The highest BCUT2D eigenvalue weighted by Gasteiger charge is 2.18. The molecule has 2 nitrogen and oxygen atoms in total. The predicted octanol–water partition coefficient (Wildman–Crippen LogP) is 2.07. The molecule has 1 aromatic heterocycles. The maximum atomic E-state index is 11.6. The molecule has 0 radical (unpaired) electrons. The molecule has 0 saturated carbocycles. The zero-order valence-electron chi connectivity index (χ0n) is 7.45. The molecule has 0 aromatic carbocycles. The summed E-state index contributed by atoms with van der Waals surface area (Å²) in [5.41, 5.74) is 0. The third-order valence-corrected chi connectivity index (χ3v) is 3.30. The Labute approximate surface area is 82.0 Å². The Morgan fingerprint density at radius 2 is 2.62 bits per heavy atom. The van der Waals surface area contributed by atoms with E-state index >= 15 is 0 Å². The second-order valence-electron chi connectivity index (χ2n) is 3.40. The highest BCUT2D eigenvalue weighted by atomic mass is 32.1. The topological polar surface area (TPSA) is 29.1 Å². The summed E-state index contributed by atoms with van der Waals surface area (Å²) >= 11 is 1.54. The van der Waals surface area contributed by atoms with E-state index in [2.05, 4.69) is 5.32 Å². The Morgan fingerprint density at radius 1 is 1.69 bits per heavy atom. The molecule has 0 amide bonds. The molecule has 3 heteroatoms. The van der Waals surface area contributed by atoms with Crippen molar-refractivity contribution in [2.75, 3.05) is 6.54 Å². The van der Waals surface area contributed by atoms with Gasteiger partial charge in [0.05, 0.1) is 4.88 Å². The molecule has 70 valence electrons. The fourth-order valence-electron chi connectivity index (χ4n) is 1.69. The van der Waals surface area contributed by atoms with Crippen molar-refractivity contribution in [2.24, 2.45) is 0 Å². The maximum absolute atomic E-state index is 11.6. The summed E-state index contributed by atoms with van der Waals surface area (Å²) < 4.78 is 0. The molecule has 0 unspecified atom stereocenters. The monoisotopic (exact) mass is 195 g/mol. The van der Waals surface area contributed by atoms with Gasteiger partial charge in [0, 0.05) is 12.5 Å². The lowest BCUT2D eigenvalue weighted by molar-refractivity contribution is 0.0975. The van der Waals surface area contributed by atoms with Gasteiger partial charge in [-0.1, -0.05) is 6.07 Å². The Kier molecular flexibility index (Phi) is 2.76. The van der Waals surface area contributed by atoms with Gasteiger partial charge in [-0.25, -0.2) is 0 Å². The summed E-state index contributed by atoms with van der Waals surface area (Å²) in [7, 11) is 0. The molecule has 13 heavy (non-hydrogen) atoms. The average molecular weight is 195 g/mol. The van der Waals surface area contributed by atoms with Crippen LogP contribution in [0.2, 0.25) is 0 Å². The number of thiophene rings is 1. The molecular weight excluding hydrogens is 182 g/mol. The summed E-state index contributed by atoms with van der Waals surface area (Å²) in [5.74, 6) is 0.286. The van der Waals surface area contributed by atoms with Crippen LogP contribution in [0.3, 0.4) is 0 Å². The van der Waals surface area contributed by atoms with Gasteiger partial charge in [0.2, 0.25) is 0 Å². The molecule has 1 N–H and O–H groups in total. The number of hydrogen-bond donors (Lipinski definition) is 1. The van der Waals surface area contributed by atoms with E-state index < -0.39 is 0 Å². The summed E-state index contributed by atoms with van der Waals surface area (Å²) in [6.45, 7) is 1.07. The summed E-state index contributed by atoms with van der Waals surface area (Å²) in [6, 6.07) is 4.26. The van der Waals surface area contributed by atoms with Crippen LogP contribution in [-0.2, 0) is 0 Å². The van der Waals surface area contributed by atoms with Gasteiger partial charge >= 0.3 is 0 Å². The van der Waals surface area contributed by atoms with Crippen LogP contribution in [0.1, 0.15) is 28.9 Å². The highest BCUT2D eigenvalue weighted by Crippen LogP contribution is 2.16. The van der Waals surface area contributed by atoms with Crippen molar-refractivity contribution < 1.29 is 4.79 Å². The number of rotatable bonds is 3. The SMILES string of the molecule is O=C(C[C@H]1CCCN1)c1cccs1. The normalized spacial score (nSPS) is 22.0. The Balaban J connectivity index is 1.91. The Hall–Kier alpha value is -0.670. The largest absolute Gasteiger partial charge is 0.314 e. The maximum Gasteiger partial charge on any atom is 0.174 e. The number of Topliss-reactive ketones (excluding diaryl/α,β-unsaturated/α-hetero) is 1. The van der Waals surface area contributed by atoms with E-state index in [0.717, 1.165) is 17.8 Å². The van der Waals surface area contributed by atoms with Crippen LogP contribution in [0.4, 0.5) is 0 Å². The molecule has 1 aliphatic heterocycles. The fraction of sp³-hybridized carbons (Fsp3) is 0.500. The van der Waals surface area contributed by atoms with Crippen LogP contribution in [0.25, 0.3) is 0 Å². The zero-order chi connectivity index (χ0) is 9.10. The quantitative estimate of drug-likeness (QED) is 0.748. The molecule has 1 aromatic rings. The molecule has 0 aliphatic carbocycles. The number of carbonyl (C=O) groups excluding carboxylic acids is 1. The minimum Gasteiger partial charge on any atom is -0.314 e. The van der Waals surface area contributed by atoms with E-state index in [1.807, 2.05) is 17.5 Å². The first-order valence-corrected chi connectivity index (χ1v) is 5.54. The van der Waals surface area contributed by atoms with Crippen molar-refractivity contribution in [1.82, 2.24) is 5.32 Å². The van der Waals surface area contributed by atoms with Gasteiger partial charge in [-0.3, -0.25) is 4.79 Å². The molecule has 1 saturated heterocycles. The van der Waals surface area contributed by atoms with Gasteiger partial charge in [0.1, 0.15) is 0 Å². The third kappa shape index (κ3) is 2.17. The molecule has 1 fully saturated rings. The van der Waals surface area contributed by atoms with Gasteiger partial charge in [0.15, 0.2) is 5.78 Å². The van der Waals surface area contributed by atoms with Crippen LogP contribution in [-0.4, -0.2) is 18.4 Å². The molecule has 1 aliphatic rings. The second kappa shape index (κ2) is 4.03. The minimum absolute atomic E-state index is 0.286. The summed E-state index contributed by atoms with van der Waals surface area (Å²) in [6.07, 6.45) is 3.03. The van der Waals surface area contributed by atoms with Gasteiger partial charge in [-0.15, -0.1) is 11.3 Å². The van der Waals surface area contributed by atoms with Gasteiger partial charge in [-0.05, 0) is 30.8 Å². The molecule has 2 heterocycles. The van der Waals surface area contributed by atoms with Gasteiger partial charge in [0.25, 0.3) is 0 Å². The number of nitrogens with one attached hydrogen (secondary N) is 1. The second-order valence-corrected chi connectivity index (χ2v) is 4.35. The third-order valence-electron chi connectivity index (χ3n) is 2.39. The Bertz CT molecular complexity index is 275. The molecule has 2 rings (SSSR count).